The predicted octanol–water partition coefficient (Wildman–Crippen LogP) is 3.40. The highest BCUT2D eigenvalue weighted by atomic mass is 16.5. The highest BCUT2D eigenvalue weighted by molar-refractivity contribution is 5.75. The molecule has 0 unspecified atom stereocenters. The highest BCUT2D eigenvalue weighted by Crippen LogP contribution is 2.29. The summed E-state index contributed by atoms with van der Waals surface area (Å²) in [5.41, 5.74) is 2.76. The molecule has 0 bridgehead atoms. The lowest BCUT2D eigenvalue weighted by Crippen LogP contribution is -1.81. The van der Waals surface area contributed by atoms with Crippen LogP contribution < -0.4 is 0 Å². The van der Waals surface area contributed by atoms with E-state index in [2.05, 4.69) is 10.4 Å². The zero-order chi connectivity index (χ0) is 11.5. The first-order valence-corrected chi connectivity index (χ1v) is 5.38. The van der Waals surface area contributed by atoms with Crippen molar-refractivity contribution in [1.82, 2.24) is 10.4 Å². The Morgan fingerprint density at radius 3 is 1.94 bits per heavy atom. The molecule has 3 heteroatoms. The molecule has 3 rings (SSSR count). The molecule has 0 aliphatic carbocycles. The molecule has 2 aromatic carbocycles. The van der Waals surface area contributed by atoms with E-state index in [4.69, 9.17) is 4.52 Å². The van der Waals surface area contributed by atoms with Crippen molar-refractivity contribution in [3.63, 3.8) is 0 Å². The Balaban J connectivity index is 2.13. The normalized spacial score (nSPS) is 10.4. The standard InChI is InChI=1S/C14H10N2O/c1-3-7-11(8-4-1)13-14(17-16-15-13)12-9-5-2-6-10-12/h1-10H. The molecule has 0 saturated heterocycles. The molecule has 82 valence electrons. The number of hydrogen-bond donors (Lipinski definition) is 0. The minimum atomic E-state index is 0.705. The van der Waals surface area contributed by atoms with Crippen LogP contribution in [0.1, 0.15) is 0 Å². The van der Waals surface area contributed by atoms with Crippen molar-refractivity contribution in [1.29, 1.82) is 0 Å². The van der Waals surface area contributed by atoms with E-state index < -0.39 is 0 Å². The van der Waals surface area contributed by atoms with Gasteiger partial charge in [-0.15, -0.1) is 5.10 Å². The van der Waals surface area contributed by atoms with E-state index in [0.29, 0.717) is 5.76 Å². The summed E-state index contributed by atoms with van der Waals surface area (Å²) in [6.07, 6.45) is 0. The number of benzene rings is 2. The maximum absolute atomic E-state index is 5.24. The van der Waals surface area contributed by atoms with E-state index in [1.807, 2.05) is 60.7 Å². The molecule has 1 aromatic heterocycles. The van der Waals surface area contributed by atoms with Crippen LogP contribution in [0, 0.1) is 0 Å². The van der Waals surface area contributed by atoms with Crippen LogP contribution >= 0.6 is 0 Å². The SMILES string of the molecule is c1ccc(-c2nnoc2-c2ccccc2)cc1. The summed E-state index contributed by atoms with van der Waals surface area (Å²) in [6.45, 7) is 0. The molecule has 3 nitrogen and oxygen atoms in total. The Morgan fingerprint density at radius 2 is 1.29 bits per heavy atom. The molecule has 0 atom stereocenters. The van der Waals surface area contributed by atoms with E-state index >= 15 is 0 Å². The molecule has 0 spiro atoms. The van der Waals surface area contributed by atoms with Gasteiger partial charge >= 0.3 is 0 Å². The zero-order valence-electron chi connectivity index (χ0n) is 9.08. The van der Waals surface area contributed by atoms with E-state index in [-0.39, 0.29) is 0 Å². The van der Waals surface area contributed by atoms with Crippen LogP contribution in [0.2, 0.25) is 0 Å². The molecular formula is C14H10N2O. The lowest BCUT2D eigenvalue weighted by Gasteiger charge is -1.99. The lowest BCUT2D eigenvalue weighted by molar-refractivity contribution is 0.403. The second kappa shape index (κ2) is 4.22. The maximum Gasteiger partial charge on any atom is 0.195 e. The van der Waals surface area contributed by atoms with Gasteiger partial charge in [0, 0.05) is 16.4 Å². The Hall–Kier alpha value is -2.42. The summed E-state index contributed by atoms with van der Waals surface area (Å²) in [7, 11) is 0. The van der Waals surface area contributed by atoms with Crippen LogP contribution in [0.25, 0.3) is 22.6 Å². The molecule has 17 heavy (non-hydrogen) atoms. The van der Waals surface area contributed by atoms with E-state index in [1.54, 1.807) is 0 Å². The minimum absolute atomic E-state index is 0.705. The van der Waals surface area contributed by atoms with Crippen LogP contribution in [-0.2, 0) is 0 Å². The van der Waals surface area contributed by atoms with Gasteiger partial charge in [-0.3, -0.25) is 0 Å². The van der Waals surface area contributed by atoms with Crippen LogP contribution in [0.3, 0.4) is 0 Å². The van der Waals surface area contributed by atoms with Crippen molar-refractivity contribution in [2.24, 2.45) is 0 Å². The average Bonchev–Trinajstić information content (AvgIpc) is 2.90. The van der Waals surface area contributed by atoms with Crippen molar-refractivity contribution in [2.45, 2.75) is 0 Å². The Kier molecular flexibility index (Phi) is 2.43. The Bertz CT molecular complexity index is 548. The Labute approximate surface area is 98.7 Å². The third-order valence-electron chi connectivity index (χ3n) is 2.57. The summed E-state index contributed by atoms with van der Waals surface area (Å²) in [4.78, 5) is 0. The van der Waals surface area contributed by atoms with Crippen LogP contribution in [0.15, 0.2) is 65.2 Å². The summed E-state index contributed by atoms with van der Waals surface area (Å²) >= 11 is 0. The van der Waals surface area contributed by atoms with Gasteiger partial charge in [-0.25, -0.2) is 0 Å². The van der Waals surface area contributed by atoms with Crippen molar-refractivity contribution >= 4 is 0 Å². The van der Waals surface area contributed by atoms with Gasteiger partial charge in [-0.05, 0) is 0 Å². The number of nitrogens with zero attached hydrogens (tertiary/aromatic N) is 2. The molecular weight excluding hydrogens is 212 g/mol. The second-order valence-electron chi connectivity index (χ2n) is 3.68. The van der Waals surface area contributed by atoms with Gasteiger partial charge in [0.15, 0.2) is 5.76 Å². The number of hydrogen-bond acceptors (Lipinski definition) is 3. The fourth-order valence-corrected chi connectivity index (χ4v) is 1.75. The third-order valence-corrected chi connectivity index (χ3v) is 2.57. The fraction of sp³-hybridized carbons (Fsp3) is 0. The van der Waals surface area contributed by atoms with Gasteiger partial charge in [-0.2, -0.15) is 0 Å². The lowest BCUT2D eigenvalue weighted by atomic mass is 10.1. The van der Waals surface area contributed by atoms with Crippen LogP contribution in [-0.4, -0.2) is 10.4 Å². The van der Waals surface area contributed by atoms with Gasteiger partial charge in [0.2, 0.25) is 0 Å². The quantitative estimate of drug-likeness (QED) is 0.667. The molecule has 3 aromatic rings. The van der Waals surface area contributed by atoms with Crippen molar-refractivity contribution in [3.8, 4) is 22.6 Å². The van der Waals surface area contributed by atoms with Crippen molar-refractivity contribution in [2.75, 3.05) is 0 Å². The van der Waals surface area contributed by atoms with E-state index in [1.165, 1.54) is 0 Å². The van der Waals surface area contributed by atoms with E-state index in [0.717, 1.165) is 16.8 Å². The first-order valence-electron chi connectivity index (χ1n) is 5.38. The maximum atomic E-state index is 5.24. The average molecular weight is 222 g/mol. The van der Waals surface area contributed by atoms with Gasteiger partial charge in [0.1, 0.15) is 5.69 Å². The third kappa shape index (κ3) is 1.83. The largest absolute Gasteiger partial charge is 0.336 e. The molecule has 0 saturated carbocycles. The minimum Gasteiger partial charge on any atom is -0.336 e. The summed E-state index contributed by atoms with van der Waals surface area (Å²) in [5.74, 6) is 0.705. The van der Waals surface area contributed by atoms with Crippen LogP contribution in [0.4, 0.5) is 0 Å². The van der Waals surface area contributed by atoms with Gasteiger partial charge in [0.25, 0.3) is 0 Å². The fourth-order valence-electron chi connectivity index (χ4n) is 1.75. The smallest absolute Gasteiger partial charge is 0.195 e. The van der Waals surface area contributed by atoms with Gasteiger partial charge < -0.3 is 4.52 Å². The summed E-state index contributed by atoms with van der Waals surface area (Å²) < 4.78 is 5.24. The second-order valence-corrected chi connectivity index (χ2v) is 3.68. The summed E-state index contributed by atoms with van der Waals surface area (Å²) in [5, 5.41) is 7.70. The van der Waals surface area contributed by atoms with Gasteiger partial charge in [-0.1, -0.05) is 60.7 Å². The molecule has 0 N–H and O–H groups in total. The van der Waals surface area contributed by atoms with E-state index in [9.17, 15) is 0 Å². The zero-order valence-corrected chi connectivity index (χ0v) is 9.08. The molecule has 0 fully saturated rings. The Morgan fingerprint density at radius 1 is 0.706 bits per heavy atom. The first kappa shape index (κ1) is 9.78. The highest BCUT2D eigenvalue weighted by Gasteiger charge is 2.13. The first-order chi connectivity index (χ1) is 8.45. The number of rotatable bonds is 2. The van der Waals surface area contributed by atoms with Crippen LogP contribution in [0.5, 0.6) is 0 Å². The molecule has 0 aliphatic heterocycles. The molecule has 1 heterocycles. The van der Waals surface area contributed by atoms with Gasteiger partial charge in [0.05, 0.1) is 0 Å². The molecule has 0 amide bonds. The predicted molar refractivity (Wildman–Crippen MR) is 65.2 cm³/mol. The monoisotopic (exact) mass is 222 g/mol. The molecule has 0 aliphatic rings. The topological polar surface area (TPSA) is 38.9 Å². The summed E-state index contributed by atoms with van der Waals surface area (Å²) in [6, 6.07) is 19.8. The number of aromatic nitrogens is 2. The molecule has 0 radical (unpaired) electrons. The van der Waals surface area contributed by atoms with Crippen molar-refractivity contribution in [3.05, 3.63) is 60.7 Å². The van der Waals surface area contributed by atoms with Crippen molar-refractivity contribution < 1.29 is 4.52 Å².